The van der Waals surface area contributed by atoms with Crippen molar-refractivity contribution in [2.24, 2.45) is 0 Å². The quantitative estimate of drug-likeness (QED) is 0.612. The minimum absolute atomic E-state index is 0.00130. The molecule has 0 saturated heterocycles. The zero-order valence-electron chi connectivity index (χ0n) is 15.3. The van der Waals surface area contributed by atoms with Crippen molar-refractivity contribution in [3.8, 4) is 17.0 Å². The maximum atomic E-state index is 13.0. The number of hydrogen-bond donors (Lipinski definition) is 3. The van der Waals surface area contributed by atoms with E-state index in [-0.39, 0.29) is 24.3 Å². The third-order valence-corrected chi connectivity index (χ3v) is 5.48. The van der Waals surface area contributed by atoms with Gasteiger partial charge in [0, 0.05) is 29.3 Å². The van der Waals surface area contributed by atoms with Crippen molar-refractivity contribution in [2.45, 2.75) is 19.4 Å². The monoisotopic (exact) mass is 397 g/mol. The summed E-state index contributed by atoms with van der Waals surface area (Å²) in [5.41, 5.74) is 3.79. The molecule has 3 aromatic rings. The van der Waals surface area contributed by atoms with Crippen LogP contribution >= 0.6 is 11.6 Å². The number of aliphatic hydroxyl groups is 1. The number of benzene rings is 2. The predicted molar refractivity (Wildman–Crippen MR) is 106 cm³/mol. The summed E-state index contributed by atoms with van der Waals surface area (Å²) in [6, 6.07) is 12.6. The number of aryl methyl sites for hydroxylation is 1. The SMILES string of the molecule is Cc1cc(O)c(-c2n[nH]c3c2[C@H](c2ccccc2)N(CCCO)C3=O)cc1Cl. The van der Waals surface area contributed by atoms with Gasteiger partial charge in [-0.15, -0.1) is 0 Å². The van der Waals surface area contributed by atoms with Gasteiger partial charge in [-0.2, -0.15) is 5.10 Å². The van der Waals surface area contributed by atoms with Crippen molar-refractivity contribution in [3.05, 3.63) is 69.9 Å². The highest BCUT2D eigenvalue weighted by Crippen LogP contribution is 2.45. The Kier molecular flexibility index (Phi) is 4.83. The molecule has 2 heterocycles. The van der Waals surface area contributed by atoms with E-state index in [2.05, 4.69) is 10.2 Å². The molecule has 1 aromatic heterocycles. The van der Waals surface area contributed by atoms with E-state index in [1.54, 1.807) is 17.0 Å². The second-order valence-electron chi connectivity index (χ2n) is 6.87. The van der Waals surface area contributed by atoms with E-state index in [0.29, 0.717) is 40.5 Å². The van der Waals surface area contributed by atoms with Crippen molar-refractivity contribution in [1.29, 1.82) is 0 Å². The Labute approximate surface area is 167 Å². The number of phenolic OH excluding ortho intramolecular Hbond substituents is 1. The lowest BCUT2D eigenvalue weighted by Gasteiger charge is -2.26. The predicted octanol–water partition coefficient (Wildman–Crippen LogP) is 3.67. The van der Waals surface area contributed by atoms with Crippen LogP contribution in [0.25, 0.3) is 11.3 Å². The Balaban J connectivity index is 1.90. The number of H-pyrrole nitrogens is 1. The zero-order valence-corrected chi connectivity index (χ0v) is 16.1. The number of fused-ring (bicyclic) bond motifs is 1. The molecule has 144 valence electrons. The van der Waals surface area contributed by atoms with Crippen LogP contribution in [0.1, 0.15) is 39.6 Å². The Hall–Kier alpha value is -2.83. The molecule has 1 amide bonds. The van der Waals surface area contributed by atoms with Gasteiger partial charge >= 0.3 is 0 Å². The van der Waals surface area contributed by atoms with Crippen LogP contribution in [0.4, 0.5) is 0 Å². The highest BCUT2D eigenvalue weighted by molar-refractivity contribution is 6.31. The molecule has 2 aromatic carbocycles. The van der Waals surface area contributed by atoms with Crippen LogP contribution in [0.15, 0.2) is 42.5 Å². The third kappa shape index (κ3) is 2.95. The number of aromatic amines is 1. The number of aliphatic hydroxyl groups excluding tert-OH is 1. The standard InChI is InChI=1S/C21H20ClN3O3/c1-12-10-16(27)14(11-15(12)22)18-17-19(24-23-18)21(28)25(8-5-9-26)20(17)13-6-3-2-4-7-13/h2-4,6-7,10-11,20,26-27H,5,8-9H2,1H3,(H,23,24)/t20-/m0/s1. The fourth-order valence-corrected chi connectivity index (χ4v) is 3.88. The van der Waals surface area contributed by atoms with Gasteiger partial charge in [-0.05, 0) is 36.6 Å². The highest BCUT2D eigenvalue weighted by atomic mass is 35.5. The Bertz CT molecular complexity index is 1030. The number of rotatable bonds is 5. The number of carbonyl (C=O) groups is 1. The number of carbonyl (C=O) groups excluding carboxylic acids is 1. The fourth-order valence-electron chi connectivity index (χ4n) is 3.71. The normalized spacial score (nSPS) is 15.9. The lowest BCUT2D eigenvalue weighted by Crippen LogP contribution is -2.31. The van der Waals surface area contributed by atoms with Gasteiger partial charge in [-0.25, -0.2) is 0 Å². The first-order valence-corrected chi connectivity index (χ1v) is 9.45. The van der Waals surface area contributed by atoms with Crippen LogP contribution < -0.4 is 0 Å². The smallest absolute Gasteiger partial charge is 0.273 e. The van der Waals surface area contributed by atoms with E-state index in [1.807, 2.05) is 37.3 Å². The molecular weight excluding hydrogens is 378 g/mol. The summed E-state index contributed by atoms with van der Waals surface area (Å²) in [4.78, 5) is 14.7. The lowest BCUT2D eigenvalue weighted by atomic mass is 9.95. The zero-order chi connectivity index (χ0) is 19.8. The molecular formula is C21H20ClN3O3. The van der Waals surface area contributed by atoms with Gasteiger partial charge in [-0.1, -0.05) is 41.9 Å². The van der Waals surface area contributed by atoms with Gasteiger partial charge in [0.1, 0.15) is 17.1 Å². The molecule has 3 N–H and O–H groups in total. The summed E-state index contributed by atoms with van der Waals surface area (Å²) in [6.07, 6.45) is 0.476. The molecule has 1 aliphatic rings. The average Bonchev–Trinajstić information content (AvgIpc) is 3.23. The number of nitrogens with zero attached hydrogens (tertiary/aromatic N) is 2. The summed E-state index contributed by atoms with van der Waals surface area (Å²) in [7, 11) is 0. The molecule has 0 spiro atoms. The molecule has 7 heteroatoms. The first-order chi connectivity index (χ1) is 13.5. The van der Waals surface area contributed by atoms with Crippen LogP contribution in [-0.4, -0.2) is 44.4 Å². The molecule has 1 atom stereocenters. The Morgan fingerprint density at radius 2 is 2.00 bits per heavy atom. The molecule has 1 aliphatic heterocycles. The second kappa shape index (κ2) is 7.30. The first kappa shape index (κ1) is 18.5. The summed E-state index contributed by atoms with van der Waals surface area (Å²) < 4.78 is 0. The second-order valence-corrected chi connectivity index (χ2v) is 7.28. The van der Waals surface area contributed by atoms with Crippen LogP contribution in [0.2, 0.25) is 5.02 Å². The van der Waals surface area contributed by atoms with Crippen molar-refractivity contribution >= 4 is 17.5 Å². The molecule has 0 saturated carbocycles. The molecule has 28 heavy (non-hydrogen) atoms. The van der Waals surface area contributed by atoms with Crippen molar-refractivity contribution in [3.63, 3.8) is 0 Å². The third-order valence-electron chi connectivity index (χ3n) is 5.07. The average molecular weight is 398 g/mol. The van der Waals surface area contributed by atoms with E-state index in [4.69, 9.17) is 11.6 Å². The van der Waals surface area contributed by atoms with E-state index in [0.717, 1.165) is 11.1 Å². The number of halogens is 1. The highest BCUT2D eigenvalue weighted by Gasteiger charge is 2.42. The minimum Gasteiger partial charge on any atom is -0.507 e. The summed E-state index contributed by atoms with van der Waals surface area (Å²) in [5.74, 6) is -0.113. The van der Waals surface area contributed by atoms with E-state index in [9.17, 15) is 15.0 Å². The lowest BCUT2D eigenvalue weighted by molar-refractivity contribution is 0.0732. The van der Waals surface area contributed by atoms with E-state index in [1.165, 1.54) is 0 Å². The number of amides is 1. The molecule has 4 rings (SSSR count). The number of nitrogens with one attached hydrogen (secondary N) is 1. The molecule has 0 aliphatic carbocycles. The molecule has 0 radical (unpaired) electrons. The van der Waals surface area contributed by atoms with Gasteiger partial charge in [0.2, 0.25) is 0 Å². The Morgan fingerprint density at radius 1 is 1.25 bits per heavy atom. The van der Waals surface area contributed by atoms with E-state index < -0.39 is 0 Å². The van der Waals surface area contributed by atoms with Crippen molar-refractivity contribution in [2.75, 3.05) is 13.2 Å². The number of aromatic hydroxyl groups is 1. The summed E-state index contributed by atoms with van der Waals surface area (Å²) in [5, 5.41) is 27.5. The molecule has 0 unspecified atom stereocenters. The van der Waals surface area contributed by atoms with Gasteiger partial charge in [-0.3, -0.25) is 9.89 Å². The Morgan fingerprint density at radius 3 is 2.71 bits per heavy atom. The summed E-state index contributed by atoms with van der Waals surface area (Å²) in [6.45, 7) is 2.23. The maximum Gasteiger partial charge on any atom is 0.273 e. The van der Waals surface area contributed by atoms with Gasteiger partial charge in [0.25, 0.3) is 5.91 Å². The number of phenols is 1. The summed E-state index contributed by atoms with van der Waals surface area (Å²) >= 11 is 6.28. The van der Waals surface area contributed by atoms with Crippen molar-refractivity contribution < 1.29 is 15.0 Å². The topological polar surface area (TPSA) is 89.5 Å². The van der Waals surface area contributed by atoms with Gasteiger partial charge in [0.05, 0.1) is 6.04 Å². The minimum atomic E-state index is -0.358. The maximum absolute atomic E-state index is 13.0. The van der Waals surface area contributed by atoms with Crippen LogP contribution in [-0.2, 0) is 0 Å². The molecule has 6 nitrogen and oxygen atoms in total. The van der Waals surface area contributed by atoms with Crippen molar-refractivity contribution in [1.82, 2.24) is 15.1 Å². The van der Waals surface area contributed by atoms with Crippen LogP contribution in [0.5, 0.6) is 5.75 Å². The number of aromatic nitrogens is 2. The van der Waals surface area contributed by atoms with Crippen LogP contribution in [0.3, 0.4) is 0 Å². The first-order valence-electron chi connectivity index (χ1n) is 9.07. The molecule has 0 bridgehead atoms. The number of hydrogen-bond acceptors (Lipinski definition) is 4. The molecule has 0 fully saturated rings. The van der Waals surface area contributed by atoms with Crippen LogP contribution in [0, 0.1) is 6.92 Å². The van der Waals surface area contributed by atoms with Gasteiger partial charge in [0.15, 0.2) is 0 Å². The fraction of sp³-hybridized carbons (Fsp3) is 0.238. The van der Waals surface area contributed by atoms with Gasteiger partial charge < -0.3 is 15.1 Å². The van der Waals surface area contributed by atoms with E-state index >= 15 is 0 Å². The largest absolute Gasteiger partial charge is 0.507 e.